The van der Waals surface area contributed by atoms with Crippen LogP contribution in [0.1, 0.15) is 64.5 Å². The van der Waals surface area contributed by atoms with E-state index in [2.05, 4.69) is 53.9 Å². The molecule has 2 atom stereocenters. The lowest BCUT2D eigenvalue weighted by Gasteiger charge is -2.26. The number of benzene rings is 1. The number of pyridine rings is 1. The van der Waals surface area contributed by atoms with Gasteiger partial charge >= 0.3 is 0 Å². The van der Waals surface area contributed by atoms with Crippen molar-refractivity contribution in [1.29, 1.82) is 0 Å². The fourth-order valence-corrected chi connectivity index (χ4v) is 4.96. The fourth-order valence-electron chi connectivity index (χ4n) is 4.96. The summed E-state index contributed by atoms with van der Waals surface area (Å²) in [5.41, 5.74) is 8.82. The summed E-state index contributed by atoms with van der Waals surface area (Å²) in [7, 11) is 2.04. The molecule has 1 aliphatic carbocycles. The average Bonchev–Trinajstić information content (AvgIpc) is 3.30. The van der Waals surface area contributed by atoms with Gasteiger partial charge in [-0.3, -0.25) is 9.78 Å². The van der Waals surface area contributed by atoms with Crippen LogP contribution < -0.4 is 0 Å². The van der Waals surface area contributed by atoms with Gasteiger partial charge in [0.1, 0.15) is 12.6 Å². The van der Waals surface area contributed by atoms with Crippen LogP contribution in [-0.2, 0) is 13.0 Å². The predicted octanol–water partition coefficient (Wildman–Crippen LogP) is 3.31. The molecule has 1 amide bonds. The van der Waals surface area contributed by atoms with Crippen LogP contribution in [0.3, 0.4) is 0 Å². The smallest absolute Gasteiger partial charge is 0.254 e. The Kier molecular flexibility index (Phi) is 4.58. The van der Waals surface area contributed by atoms with Gasteiger partial charge in [-0.1, -0.05) is 12.1 Å². The SMILES string of the molecule is CC1=[N+](C)C=C1c1ccc(Cc2cc3c(cc2C)CN(C2CCCC2O)C3=O)cn1. The first-order valence-corrected chi connectivity index (χ1v) is 10.8. The molecule has 1 fully saturated rings. The summed E-state index contributed by atoms with van der Waals surface area (Å²) in [5, 5.41) is 10.3. The van der Waals surface area contributed by atoms with Gasteiger partial charge in [0, 0.05) is 25.2 Å². The van der Waals surface area contributed by atoms with E-state index in [1.807, 2.05) is 18.1 Å². The van der Waals surface area contributed by atoms with Gasteiger partial charge in [-0.05, 0) is 67.0 Å². The summed E-state index contributed by atoms with van der Waals surface area (Å²) in [4.78, 5) is 19.6. The number of aliphatic hydroxyl groups is 1. The van der Waals surface area contributed by atoms with Crippen LogP contribution in [0.25, 0.3) is 5.57 Å². The van der Waals surface area contributed by atoms with E-state index in [0.717, 1.165) is 53.6 Å². The second-order valence-electron chi connectivity index (χ2n) is 8.90. The minimum atomic E-state index is -0.389. The van der Waals surface area contributed by atoms with Gasteiger partial charge in [0.2, 0.25) is 0 Å². The number of aliphatic hydroxyl groups excluding tert-OH is 1. The van der Waals surface area contributed by atoms with Gasteiger partial charge in [0.25, 0.3) is 5.91 Å². The van der Waals surface area contributed by atoms with E-state index in [1.54, 1.807) is 0 Å². The number of fused-ring (bicyclic) bond motifs is 1. The van der Waals surface area contributed by atoms with Crippen molar-refractivity contribution in [2.45, 2.75) is 58.2 Å². The molecule has 5 heteroatoms. The maximum absolute atomic E-state index is 13.1. The molecular formula is C25H28N3O2+. The molecule has 0 bridgehead atoms. The number of amides is 1. The second kappa shape index (κ2) is 7.17. The third-order valence-corrected chi connectivity index (χ3v) is 6.97. The maximum Gasteiger partial charge on any atom is 0.254 e. The monoisotopic (exact) mass is 402 g/mol. The maximum atomic E-state index is 13.1. The Morgan fingerprint density at radius 2 is 2.07 bits per heavy atom. The van der Waals surface area contributed by atoms with Crippen molar-refractivity contribution >= 4 is 17.2 Å². The van der Waals surface area contributed by atoms with Crippen molar-refractivity contribution in [2.75, 3.05) is 7.05 Å². The number of aromatic nitrogens is 1. The van der Waals surface area contributed by atoms with E-state index < -0.39 is 0 Å². The van der Waals surface area contributed by atoms with E-state index in [4.69, 9.17) is 0 Å². The molecule has 154 valence electrons. The minimum absolute atomic E-state index is 0.0366. The van der Waals surface area contributed by atoms with Crippen molar-refractivity contribution < 1.29 is 14.5 Å². The second-order valence-corrected chi connectivity index (χ2v) is 8.90. The molecule has 0 saturated heterocycles. The third-order valence-electron chi connectivity index (χ3n) is 6.97. The van der Waals surface area contributed by atoms with Crippen LogP contribution >= 0.6 is 0 Å². The van der Waals surface area contributed by atoms with Crippen molar-refractivity contribution in [1.82, 2.24) is 9.88 Å². The molecule has 30 heavy (non-hydrogen) atoms. The highest BCUT2D eigenvalue weighted by atomic mass is 16.3. The number of rotatable bonds is 4. The van der Waals surface area contributed by atoms with Crippen LogP contribution in [0.15, 0.2) is 36.7 Å². The Morgan fingerprint density at radius 1 is 1.23 bits per heavy atom. The van der Waals surface area contributed by atoms with Crippen LogP contribution in [0.4, 0.5) is 0 Å². The zero-order valence-electron chi connectivity index (χ0n) is 17.9. The number of allylic oxidation sites excluding steroid dienone is 1. The Balaban J connectivity index is 1.35. The standard InChI is InChI=1S/C25H28N3O2/c1-15-9-19-13-28(23-5-4-6-24(23)29)25(30)20(19)11-18(15)10-17-7-8-22(26-12-17)21-14-27(3)16(21)2/h7-9,11-12,14,23-24,29H,4-6,10,13H2,1-3H3/q+1. The largest absolute Gasteiger partial charge is 0.391 e. The topological polar surface area (TPSA) is 56.4 Å². The summed E-state index contributed by atoms with van der Waals surface area (Å²) in [6.45, 7) is 4.83. The van der Waals surface area contributed by atoms with Crippen molar-refractivity contribution in [3.8, 4) is 0 Å². The van der Waals surface area contributed by atoms with Gasteiger partial charge in [-0.25, -0.2) is 4.58 Å². The summed E-state index contributed by atoms with van der Waals surface area (Å²) >= 11 is 0. The first-order chi connectivity index (χ1) is 14.4. The highest BCUT2D eigenvalue weighted by Crippen LogP contribution is 2.33. The van der Waals surface area contributed by atoms with E-state index in [9.17, 15) is 9.90 Å². The molecule has 2 aliphatic heterocycles. The molecule has 0 radical (unpaired) electrons. The van der Waals surface area contributed by atoms with Gasteiger partial charge in [0.15, 0.2) is 11.9 Å². The van der Waals surface area contributed by atoms with Crippen molar-refractivity contribution in [3.05, 3.63) is 70.2 Å². The molecule has 2 aromatic rings. The summed E-state index contributed by atoms with van der Waals surface area (Å²) in [6, 6.07) is 8.38. The quantitative estimate of drug-likeness (QED) is 0.799. The van der Waals surface area contributed by atoms with E-state index in [1.165, 1.54) is 16.8 Å². The number of nitrogens with zero attached hydrogens (tertiary/aromatic N) is 3. The van der Waals surface area contributed by atoms with Crippen LogP contribution in [0, 0.1) is 6.92 Å². The molecule has 2 unspecified atom stereocenters. The summed E-state index contributed by atoms with van der Waals surface area (Å²) < 4.78 is 2.10. The zero-order valence-corrected chi connectivity index (χ0v) is 17.9. The highest BCUT2D eigenvalue weighted by Gasteiger charge is 2.38. The van der Waals surface area contributed by atoms with E-state index in [-0.39, 0.29) is 18.1 Å². The molecule has 3 heterocycles. The first kappa shape index (κ1) is 19.2. The van der Waals surface area contributed by atoms with Gasteiger partial charge in [0.05, 0.1) is 17.8 Å². The molecule has 0 spiro atoms. The lowest BCUT2D eigenvalue weighted by molar-refractivity contribution is -0.430. The summed E-state index contributed by atoms with van der Waals surface area (Å²) in [5.74, 6) is 0.0673. The number of aryl methyl sites for hydroxylation is 1. The number of hydrogen-bond donors (Lipinski definition) is 1. The number of carbonyl (C=O) groups is 1. The zero-order chi connectivity index (χ0) is 21.0. The average molecular weight is 403 g/mol. The van der Waals surface area contributed by atoms with E-state index >= 15 is 0 Å². The first-order valence-electron chi connectivity index (χ1n) is 10.8. The number of hydrogen-bond acceptors (Lipinski definition) is 3. The lowest BCUT2D eigenvalue weighted by Crippen LogP contribution is -2.40. The molecular weight excluding hydrogens is 374 g/mol. The predicted molar refractivity (Wildman–Crippen MR) is 117 cm³/mol. The van der Waals surface area contributed by atoms with E-state index in [0.29, 0.717) is 6.54 Å². The Morgan fingerprint density at radius 3 is 2.70 bits per heavy atom. The molecule has 1 aromatic heterocycles. The van der Waals surface area contributed by atoms with Gasteiger partial charge in [-0.2, -0.15) is 0 Å². The Labute approximate surface area is 177 Å². The highest BCUT2D eigenvalue weighted by molar-refractivity contribution is 6.22. The van der Waals surface area contributed by atoms with Gasteiger partial charge < -0.3 is 10.0 Å². The lowest BCUT2D eigenvalue weighted by atomic mass is 9.96. The number of carbonyl (C=O) groups excluding carboxylic acids is 1. The Bertz CT molecular complexity index is 1100. The fraction of sp³-hybridized carbons (Fsp3) is 0.400. The van der Waals surface area contributed by atoms with Crippen molar-refractivity contribution in [2.24, 2.45) is 0 Å². The van der Waals surface area contributed by atoms with Crippen LogP contribution in [-0.4, -0.2) is 50.4 Å². The van der Waals surface area contributed by atoms with Gasteiger partial charge in [-0.15, -0.1) is 0 Å². The molecule has 5 rings (SSSR count). The molecule has 1 N–H and O–H groups in total. The molecule has 1 saturated carbocycles. The van der Waals surface area contributed by atoms with Crippen LogP contribution in [0.2, 0.25) is 0 Å². The van der Waals surface area contributed by atoms with Crippen LogP contribution in [0.5, 0.6) is 0 Å². The Hall–Kier alpha value is -2.79. The normalized spacial score (nSPS) is 23.0. The van der Waals surface area contributed by atoms with Crippen molar-refractivity contribution in [3.63, 3.8) is 0 Å². The minimum Gasteiger partial charge on any atom is -0.391 e. The molecule has 1 aromatic carbocycles. The molecule has 3 aliphatic rings. The molecule has 5 nitrogen and oxygen atoms in total. The summed E-state index contributed by atoms with van der Waals surface area (Å²) in [6.07, 6.45) is 7.09. The third kappa shape index (κ3) is 3.08.